The van der Waals surface area contributed by atoms with Gasteiger partial charge in [0.05, 0.1) is 32.5 Å². The van der Waals surface area contributed by atoms with Crippen LogP contribution >= 0.6 is 0 Å². The quantitative estimate of drug-likeness (QED) is 0.509. The maximum Gasteiger partial charge on any atom is 0.168 e. The highest BCUT2D eigenvalue weighted by atomic mass is 16.7. The van der Waals surface area contributed by atoms with Crippen molar-refractivity contribution < 1.29 is 28.8 Å². The smallest absolute Gasteiger partial charge is 0.168 e. The minimum absolute atomic E-state index is 0.138. The van der Waals surface area contributed by atoms with Crippen molar-refractivity contribution >= 4 is 0 Å². The van der Waals surface area contributed by atoms with E-state index in [-0.39, 0.29) is 25.4 Å². The Morgan fingerprint density at radius 1 is 1.19 bits per heavy atom. The molecule has 0 aromatic heterocycles. The second kappa shape index (κ2) is 8.41. The lowest BCUT2D eigenvalue weighted by molar-refractivity contribution is -0.192. The Labute approximate surface area is 126 Å². The van der Waals surface area contributed by atoms with Gasteiger partial charge in [-0.05, 0) is 32.1 Å². The van der Waals surface area contributed by atoms with Crippen LogP contribution in [0.1, 0.15) is 26.2 Å². The van der Waals surface area contributed by atoms with Crippen LogP contribution < -0.4 is 0 Å². The van der Waals surface area contributed by atoms with Crippen LogP contribution in [0, 0.1) is 11.8 Å². The third-order valence-electron chi connectivity index (χ3n) is 4.50. The van der Waals surface area contributed by atoms with Crippen LogP contribution in [0.25, 0.3) is 0 Å². The predicted molar refractivity (Wildman–Crippen MR) is 75.8 cm³/mol. The predicted octanol–water partition coefficient (Wildman–Crippen LogP) is 1.16. The molecule has 1 N–H and O–H groups in total. The summed E-state index contributed by atoms with van der Waals surface area (Å²) in [6.07, 6.45) is 2.70. The standard InChI is InChI=1S/C15H28O6/c1-15(20-7-8-21-15)14-10-13(9-12(14)3-4-16)19-11-18-6-5-17-2/h12-14,16H,3-11H2,1-2H3. The molecule has 2 rings (SSSR count). The van der Waals surface area contributed by atoms with Crippen LogP contribution in [0.3, 0.4) is 0 Å². The summed E-state index contributed by atoms with van der Waals surface area (Å²) in [5.41, 5.74) is 0. The van der Waals surface area contributed by atoms with E-state index in [0.717, 1.165) is 19.3 Å². The molecule has 21 heavy (non-hydrogen) atoms. The lowest BCUT2D eigenvalue weighted by atomic mass is 9.87. The van der Waals surface area contributed by atoms with Crippen LogP contribution in [0.2, 0.25) is 0 Å². The zero-order chi connectivity index (χ0) is 15.1. The number of ether oxygens (including phenoxy) is 5. The Hall–Kier alpha value is -0.240. The first-order valence-electron chi connectivity index (χ1n) is 7.76. The maximum absolute atomic E-state index is 9.27. The number of rotatable bonds is 9. The summed E-state index contributed by atoms with van der Waals surface area (Å²) >= 11 is 0. The van der Waals surface area contributed by atoms with Gasteiger partial charge in [-0.25, -0.2) is 0 Å². The Balaban J connectivity index is 1.80. The van der Waals surface area contributed by atoms with Gasteiger partial charge in [0.2, 0.25) is 0 Å². The molecule has 2 fully saturated rings. The molecular weight excluding hydrogens is 276 g/mol. The highest BCUT2D eigenvalue weighted by Gasteiger charge is 2.48. The van der Waals surface area contributed by atoms with Crippen LogP contribution in [0.5, 0.6) is 0 Å². The van der Waals surface area contributed by atoms with Gasteiger partial charge in [0.25, 0.3) is 0 Å². The van der Waals surface area contributed by atoms with Crippen molar-refractivity contribution in [3.8, 4) is 0 Å². The van der Waals surface area contributed by atoms with Gasteiger partial charge in [0.1, 0.15) is 6.79 Å². The lowest BCUT2D eigenvalue weighted by Gasteiger charge is -2.33. The Morgan fingerprint density at radius 3 is 2.62 bits per heavy atom. The molecular formula is C15H28O6. The van der Waals surface area contributed by atoms with E-state index in [4.69, 9.17) is 23.7 Å². The molecule has 0 aromatic carbocycles. The molecule has 1 aliphatic heterocycles. The Bertz CT molecular complexity index is 292. The molecule has 0 amide bonds. The van der Waals surface area contributed by atoms with E-state index in [1.54, 1.807) is 7.11 Å². The van der Waals surface area contributed by atoms with Crippen molar-refractivity contribution in [1.82, 2.24) is 0 Å². The number of aliphatic hydroxyl groups excluding tert-OH is 1. The normalized spacial score (nSPS) is 31.9. The number of aliphatic hydroxyl groups is 1. The number of methoxy groups -OCH3 is 1. The van der Waals surface area contributed by atoms with Crippen LogP contribution in [0.15, 0.2) is 0 Å². The molecule has 0 spiro atoms. The third-order valence-corrected chi connectivity index (χ3v) is 4.50. The van der Waals surface area contributed by atoms with Crippen molar-refractivity contribution in [1.29, 1.82) is 0 Å². The molecule has 3 atom stereocenters. The average Bonchev–Trinajstić information content (AvgIpc) is 3.07. The summed E-state index contributed by atoms with van der Waals surface area (Å²) < 4.78 is 27.7. The fraction of sp³-hybridized carbons (Fsp3) is 1.00. The van der Waals surface area contributed by atoms with Crippen molar-refractivity contribution in [2.45, 2.75) is 38.1 Å². The minimum Gasteiger partial charge on any atom is -0.396 e. The first kappa shape index (κ1) is 17.1. The summed E-state index contributed by atoms with van der Waals surface area (Å²) in [6, 6.07) is 0. The molecule has 1 saturated carbocycles. The van der Waals surface area contributed by atoms with Crippen LogP contribution in [-0.4, -0.2) is 63.9 Å². The van der Waals surface area contributed by atoms with E-state index >= 15 is 0 Å². The summed E-state index contributed by atoms with van der Waals surface area (Å²) in [4.78, 5) is 0. The fourth-order valence-corrected chi connectivity index (χ4v) is 3.43. The van der Waals surface area contributed by atoms with Gasteiger partial charge in [-0.2, -0.15) is 0 Å². The molecule has 6 heteroatoms. The van der Waals surface area contributed by atoms with E-state index in [9.17, 15) is 5.11 Å². The molecule has 1 aliphatic carbocycles. The second-order valence-corrected chi connectivity index (χ2v) is 5.87. The molecule has 124 valence electrons. The lowest BCUT2D eigenvalue weighted by Crippen LogP contribution is -2.38. The average molecular weight is 304 g/mol. The van der Waals surface area contributed by atoms with Crippen molar-refractivity contribution in [3.05, 3.63) is 0 Å². The minimum atomic E-state index is -0.533. The second-order valence-electron chi connectivity index (χ2n) is 5.87. The van der Waals surface area contributed by atoms with E-state index in [2.05, 4.69) is 0 Å². The molecule has 0 bridgehead atoms. The molecule has 2 aliphatic rings. The summed E-state index contributed by atoms with van der Waals surface area (Å²) in [5, 5.41) is 9.27. The van der Waals surface area contributed by atoms with E-state index in [1.807, 2.05) is 6.92 Å². The van der Waals surface area contributed by atoms with Crippen molar-refractivity contribution in [3.63, 3.8) is 0 Å². The summed E-state index contributed by atoms with van der Waals surface area (Å²) in [6.45, 7) is 4.88. The Morgan fingerprint density at radius 2 is 1.95 bits per heavy atom. The van der Waals surface area contributed by atoms with Gasteiger partial charge >= 0.3 is 0 Å². The molecule has 1 heterocycles. The molecule has 1 saturated heterocycles. The van der Waals surface area contributed by atoms with E-state index < -0.39 is 5.79 Å². The third kappa shape index (κ3) is 4.61. The van der Waals surface area contributed by atoms with Gasteiger partial charge in [-0.3, -0.25) is 0 Å². The summed E-state index contributed by atoms with van der Waals surface area (Å²) in [5.74, 6) is 0.0905. The van der Waals surface area contributed by atoms with Crippen molar-refractivity contribution in [2.24, 2.45) is 11.8 Å². The zero-order valence-electron chi connectivity index (χ0n) is 13.1. The molecule has 3 unspecified atom stereocenters. The maximum atomic E-state index is 9.27. The molecule has 6 nitrogen and oxygen atoms in total. The largest absolute Gasteiger partial charge is 0.396 e. The van der Waals surface area contributed by atoms with Crippen LogP contribution in [-0.2, 0) is 23.7 Å². The highest BCUT2D eigenvalue weighted by Crippen LogP contribution is 2.45. The zero-order valence-corrected chi connectivity index (χ0v) is 13.1. The highest BCUT2D eigenvalue weighted by molar-refractivity contribution is 4.92. The van der Waals surface area contributed by atoms with Gasteiger partial charge in [0, 0.05) is 19.6 Å². The van der Waals surface area contributed by atoms with Gasteiger partial charge in [-0.1, -0.05) is 0 Å². The Kier molecular flexibility index (Phi) is 6.85. The van der Waals surface area contributed by atoms with E-state index in [1.165, 1.54) is 0 Å². The van der Waals surface area contributed by atoms with Crippen molar-refractivity contribution in [2.75, 3.05) is 46.9 Å². The van der Waals surface area contributed by atoms with Gasteiger partial charge < -0.3 is 28.8 Å². The van der Waals surface area contributed by atoms with Gasteiger partial charge in [0.15, 0.2) is 5.79 Å². The molecule has 0 radical (unpaired) electrons. The molecule has 0 aromatic rings. The number of hydrogen-bond donors (Lipinski definition) is 1. The van der Waals surface area contributed by atoms with Gasteiger partial charge in [-0.15, -0.1) is 0 Å². The SMILES string of the molecule is COCCOCOC1CC(CCO)C(C2(C)OCCO2)C1. The van der Waals surface area contributed by atoms with E-state index in [0.29, 0.717) is 32.3 Å². The monoisotopic (exact) mass is 304 g/mol. The van der Waals surface area contributed by atoms with Crippen LogP contribution in [0.4, 0.5) is 0 Å². The first-order chi connectivity index (χ1) is 10.2. The number of hydrogen-bond acceptors (Lipinski definition) is 6. The topological polar surface area (TPSA) is 66.4 Å². The summed E-state index contributed by atoms with van der Waals surface area (Å²) in [7, 11) is 1.65. The fourth-order valence-electron chi connectivity index (χ4n) is 3.43. The first-order valence-corrected chi connectivity index (χ1v) is 7.76.